The first-order valence-electron chi connectivity index (χ1n) is 10.8. The summed E-state index contributed by atoms with van der Waals surface area (Å²) in [6.45, 7) is 11.7. The zero-order valence-electron chi connectivity index (χ0n) is 18.9. The van der Waals surface area contributed by atoms with Gasteiger partial charge >= 0.3 is 5.97 Å². The molecule has 172 valence electrons. The van der Waals surface area contributed by atoms with Gasteiger partial charge in [-0.15, -0.1) is 0 Å². The lowest BCUT2D eigenvalue weighted by Crippen LogP contribution is -2.12. The Morgan fingerprint density at radius 1 is 1.00 bits per heavy atom. The number of hydrogen-bond donors (Lipinski definition) is 2. The van der Waals surface area contributed by atoms with Gasteiger partial charge in [0.05, 0.1) is 26.4 Å². The molecule has 0 amide bonds. The Balaban J connectivity index is 0.000000581. The van der Waals surface area contributed by atoms with Crippen LogP contribution in [0.3, 0.4) is 0 Å². The molecule has 1 saturated carbocycles. The van der Waals surface area contributed by atoms with E-state index >= 15 is 0 Å². The number of hydrogen-bond acceptors (Lipinski definition) is 6. The molecular formula is C24H40O6. The molecule has 6 heteroatoms. The van der Waals surface area contributed by atoms with Crippen molar-refractivity contribution < 1.29 is 29.2 Å². The molecule has 0 atom stereocenters. The van der Waals surface area contributed by atoms with E-state index in [9.17, 15) is 4.79 Å². The number of esters is 1. The van der Waals surface area contributed by atoms with Gasteiger partial charge in [0.2, 0.25) is 0 Å². The van der Waals surface area contributed by atoms with Crippen molar-refractivity contribution in [2.45, 2.75) is 58.8 Å². The maximum atomic E-state index is 11.6. The fourth-order valence-electron chi connectivity index (χ4n) is 2.95. The van der Waals surface area contributed by atoms with Crippen LogP contribution in [0.2, 0.25) is 0 Å². The van der Waals surface area contributed by atoms with Crippen LogP contribution < -0.4 is 4.74 Å². The molecule has 30 heavy (non-hydrogen) atoms. The highest BCUT2D eigenvalue weighted by atomic mass is 16.5. The largest absolute Gasteiger partial charge is 0.423 e. The fraction of sp³-hybridized carbons (Fsp3) is 0.625. The molecule has 1 aliphatic carbocycles. The number of carbonyl (C=O) groups excluding carboxylic acids is 1. The minimum atomic E-state index is -0.335. The number of rotatable bonds is 9. The molecule has 0 saturated heterocycles. The third-order valence-electron chi connectivity index (χ3n) is 4.39. The van der Waals surface area contributed by atoms with Gasteiger partial charge in [-0.05, 0) is 51.2 Å². The van der Waals surface area contributed by atoms with Crippen LogP contribution in [-0.4, -0.2) is 55.8 Å². The van der Waals surface area contributed by atoms with Crippen LogP contribution in [0.5, 0.6) is 5.75 Å². The molecule has 1 aromatic carbocycles. The molecule has 0 unspecified atom stereocenters. The average molecular weight is 425 g/mol. The third-order valence-corrected chi connectivity index (χ3v) is 4.39. The second-order valence-corrected chi connectivity index (χ2v) is 6.88. The molecule has 6 nitrogen and oxygen atoms in total. The number of benzene rings is 1. The van der Waals surface area contributed by atoms with Crippen molar-refractivity contribution in [2.24, 2.45) is 0 Å². The number of aliphatic hydroxyl groups is 2. The Labute approximate surface area is 181 Å². The molecule has 0 aliphatic heterocycles. The van der Waals surface area contributed by atoms with E-state index in [1.54, 1.807) is 6.92 Å². The second kappa shape index (κ2) is 19.2. The van der Waals surface area contributed by atoms with Gasteiger partial charge in [-0.3, -0.25) is 0 Å². The van der Waals surface area contributed by atoms with Crippen molar-refractivity contribution in [3.63, 3.8) is 0 Å². The van der Waals surface area contributed by atoms with Gasteiger partial charge in [0.25, 0.3) is 0 Å². The second-order valence-electron chi connectivity index (χ2n) is 6.88. The van der Waals surface area contributed by atoms with Crippen molar-refractivity contribution in [1.29, 1.82) is 0 Å². The predicted octanol–water partition coefficient (Wildman–Crippen LogP) is 4.25. The third kappa shape index (κ3) is 13.5. The van der Waals surface area contributed by atoms with E-state index in [-0.39, 0.29) is 19.2 Å². The van der Waals surface area contributed by atoms with Crippen molar-refractivity contribution in [3.05, 3.63) is 42.0 Å². The van der Waals surface area contributed by atoms with E-state index in [0.29, 0.717) is 30.5 Å². The zero-order chi connectivity index (χ0) is 22.6. The van der Waals surface area contributed by atoms with Crippen LogP contribution in [0.25, 0.3) is 0 Å². The van der Waals surface area contributed by atoms with Gasteiger partial charge in [-0.2, -0.15) is 0 Å². The van der Waals surface area contributed by atoms with E-state index in [1.807, 2.05) is 32.0 Å². The molecule has 0 spiro atoms. The number of aliphatic hydroxyl groups excluding tert-OH is 2. The first kappa shape index (κ1) is 28.3. The topological polar surface area (TPSA) is 85.2 Å². The minimum Gasteiger partial charge on any atom is -0.423 e. The van der Waals surface area contributed by atoms with E-state index in [0.717, 1.165) is 13.2 Å². The Bertz CT molecular complexity index is 561. The summed E-state index contributed by atoms with van der Waals surface area (Å²) in [6.07, 6.45) is 6.26. The summed E-state index contributed by atoms with van der Waals surface area (Å²) in [6, 6.07) is 7.89. The Morgan fingerprint density at radius 2 is 1.57 bits per heavy atom. The summed E-state index contributed by atoms with van der Waals surface area (Å²) in [5.74, 6) is 0.906. The highest BCUT2D eigenvalue weighted by Crippen LogP contribution is 2.37. The molecule has 0 aromatic heterocycles. The van der Waals surface area contributed by atoms with Crippen molar-refractivity contribution >= 4 is 5.97 Å². The Morgan fingerprint density at radius 3 is 2.03 bits per heavy atom. The van der Waals surface area contributed by atoms with Crippen LogP contribution in [0.4, 0.5) is 0 Å². The molecule has 0 heterocycles. The van der Waals surface area contributed by atoms with Gasteiger partial charge in [-0.1, -0.05) is 44.0 Å². The van der Waals surface area contributed by atoms with Gasteiger partial charge in [0.15, 0.2) is 0 Å². The summed E-state index contributed by atoms with van der Waals surface area (Å²) >= 11 is 0. The Kier molecular flexibility index (Phi) is 18.1. The van der Waals surface area contributed by atoms with Crippen molar-refractivity contribution in [1.82, 2.24) is 0 Å². The van der Waals surface area contributed by atoms with E-state index < -0.39 is 0 Å². The van der Waals surface area contributed by atoms with Crippen LogP contribution >= 0.6 is 0 Å². The van der Waals surface area contributed by atoms with Crippen LogP contribution in [0, 0.1) is 0 Å². The molecule has 1 aromatic rings. The standard InChI is InChI=1S/C16H20O2.C4H10O3.C4H10O/c1-12(2)16(17)18-15-11-7-6-10-14(15)13-8-4-3-5-9-13;5-1-3-7-4-2-6;1-3-5-4-2/h6-7,10-11,13H,1,3-5,8-9H2,2H3;5-6H,1-4H2;3-4H2,1-2H3. The highest BCUT2D eigenvalue weighted by molar-refractivity contribution is 5.88. The van der Waals surface area contributed by atoms with Gasteiger partial charge < -0.3 is 24.4 Å². The number of ether oxygens (including phenoxy) is 3. The SMILES string of the molecule is C=C(C)C(=O)Oc1ccccc1C1CCCCC1.CCOCC.OCCOCCO. The maximum absolute atomic E-state index is 11.6. The zero-order valence-corrected chi connectivity index (χ0v) is 18.9. The highest BCUT2D eigenvalue weighted by Gasteiger charge is 2.20. The molecule has 1 fully saturated rings. The van der Waals surface area contributed by atoms with Gasteiger partial charge in [0, 0.05) is 18.8 Å². The first-order valence-corrected chi connectivity index (χ1v) is 10.8. The average Bonchev–Trinajstić information content (AvgIpc) is 2.76. The quantitative estimate of drug-likeness (QED) is 0.267. The fourth-order valence-corrected chi connectivity index (χ4v) is 2.95. The summed E-state index contributed by atoms with van der Waals surface area (Å²) in [7, 11) is 0. The molecule has 2 N–H and O–H groups in total. The molecular weight excluding hydrogens is 384 g/mol. The summed E-state index contributed by atoms with van der Waals surface area (Å²) in [5.41, 5.74) is 1.61. The Hall–Kier alpha value is -1.73. The van der Waals surface area contributed by atoms with Crippen LogP contribution in [0.1, 0.15) is 64.4 Å². The van der Waals surface area contributed by atoms with Gasteiger partial charge in [-0.25, -0.2) is 4.79 Å². The van der Waals surface area contributed by atoms with E-state index in [1.165, 1.54) is 37.7 Å². The van der Waals surface area contributed by atoms with Crippen LogP contribution in [-0.2, 0) is 14.3 Å². The molecule has 0 bridgehead atoms. The van der Waals surface area contributed by atoms with Crippen LogP contribution in [0.15, 0.2) is 36.4 Å². The van der Waals surface area contributed by atoms with Gasteiger partial charge in [0.1, 0.15) is 5.75 Å². The summed E-state index contributed by atoms with van der Waals surface area (Å²) < 4.78 is 14.9. The number of carbonyl (C=O) groups is 1. The number of para-hydroxylation sites is 1. The predicted molar refractivity (Wildman–Crippen MR) is 120 cm³/mol. The summed E-state index contributed by atoms with van der Waals surface area (Å²) in [4.78, 5) is 11.6. The monoisotopic (exact) mass is 424 g/mol. The lowest BCUT2D eigenvalue weighted by molar-refractivity contribution is -0.130. The minimum absolute atomic E-state index is 0.0278. The van der Waals surface area contributed by atoms with Crippen molar-refractivity contribution in [2.75, 3.05) is 39.6 Å². The normalized spacial score (nSPS) is 13.4. The maximum Gasteiger partial charge on any atom is 0.338 e. The molecule has 2 rings (SSSR count). The summed E-state index contributed by atoms with van der Waals surface area (Å²) in [5, 5.41) is 16.2. The van der Waals surface area contributed by atoms with Crippen molar-refractivity contribution in [3.8, 4) is 5.75 Å². The first-order chi connectivity index (χ1) is 14.5. The smallest absolute Gasteiger partial charge is 0.338 e. The lowest BCUT2D eigenvalue weighted by atomic mass is 9.84. The molecule has 1 aliphatic rings. The van der Waals surface area contributed by atoms with E-state index in [4.69, 9.17) is 19.7 Å². The molecule has 0 radical (unpaired) electrons. The van der Waals surface area contributed by atoms with E-state index in [2.05, 4.69) is 17.4 Å². The lowest BCUT2D eigenvalue weighted by Gasteiger charge is -2.23.